The molecule has 0 bridgehead atoms. The molecule has 1 heterocycles. The van der Waals surface area contributed by atoms with Crippen molar-refractivity contribution in [3.63, 3.8) is 0 Å². The number of rotatable bonds is 12. The van der Waals surface area contributed by atoms with Gasteiger partial charge >= 0.3 is 0 Å². The Morgan fingerprint density at radius 1 is 0.879 bits per heavy atom. The summed E-state index contributed by atoms with van der Waals surface area (Å²) in [7, 11) is 4.68. The SMILES string of the molecule is CCCOc1ccc(C2=C(Nc3ccc(OC)cc3OC)C(=O)N(CCCOC)C2=O)cc1. The molecule has 8 nitrogen and oxygen atoms in total. The summed E-state index contributed by atoms with van der Waals surface area (Å²) in [6.45, 7) is 3.35. The first-order chi connectivity index (χ1) is 16.0. The number of amides is 2. The molecular weight excluding hydrogens is 424 g/mol. The summed E-state index contributed by atoms with van der Waals surface area (Å²) in [4.78, 5) is 27.8. The highest BCUT2D eigenvalue weighted by atomic mass is 16.5. The second kappa shape index (κ2) is 11.4. The van der Waals surface area contributed by atoms with Gasteiger partial charge in [-0.3, -0.25) is 14.5 Å². The van der Waals surface area contributed by atoms with Gasteiger partial charge in [0.05, 0.1) is 32.1 Å². The molecule has 0 saturated carbocycles. The Morgan fingerprint density at radius 2 is 1.61 bits per heavy atom. The van der Waals surface area contributed by atoms with Gasteiger partial charge in [0.15, 0.2) is 0 Å². The number of ether oxygens (including phenoxy) is 4. The molecule has 8 heteroatoms. The van der Waals surface area contributed by atoms with Crippen LogP contribution in [-0.4, -0.2) is 57.8 Å². The van der Waals surface area contributed by atoms with Gasteiger partial charge in [0, 0.05) is 26.3 Å². The van der Waals surface area contributed by atoms with Gasteiger partial charge in [-0.05, 0) is 42.7 Å². The number of hydrogen-bond acceptors (Lipinski definition) is 7. The van der Waals surface area contributed by atoms with Crippen molar-refractivity contribution in [2.45, 2.75) is 19.8 Å². The van der Waals surface area contributed by atoms with Crippen molar-refractivity contribution in [1.29, 1.82) is 0 Å². The first-order valence-electron chi connectivity index (χ1n) is 10.9. The van der Waals surface area contributed by atoms with E-state index in [0.717, 1.165) is 6.42 Å². The van der Waals surface area contributed by atoms with Crippen LogP contribution in [0, 0.1) is 0 Å². The number of methoxy groups -OCH3 is 3. The van der Waals surface area contributed by atoms with Gasteiger partial charge in [0.2, 0.25) is 0 Å². The number of anilines is 1. The lowest BCUT2D eigenvalue weighted by Crippen LogP contribution is -2.33. The van der Waals surface area contributed by atoms with Crippen molar-refractivity contribution in [3.8, 4) is 17.2 Å². The highest BCUT2D eigenvalue weighted by molar-refractivity contribution is 6.36. The van der Waals surface area contributed by atoms with E-state index in [0.29, 0.717) is 53.7 Å². The summed E-state index contributed by atoms with van der Waals surface area (Å²) >= 11 is 0. The topological polar surface area (TPSA) is 86.3 Å². The van der Waals surface area contributed by atoms with Crippen LogP contribution >= 0.6 is 0 Å². The zero-order valence-corrected chi connectivity index (χ0v) is 19.5. The lowest BCUT2D eigenvalue weighted by molar-refractivity contribution is -0.136. The maximum absolute atomic E-state index is 13.3. The second-order valence-corrected chi connectivity index (χ2v) is 7.42. The Balaban J connectivity index is 1.99. The van der Waals surface area contributed by atoms with Crippen molar-refractivity contribution in [2.24, 2.45) is 0 Å². The maximum atomic E-state index is 13.3. The quantitative estimate of drug-likeness (QED) is 0.386. The summed E-state index contributed by atoms with van der Waals surface area (Å²) in [6.07, 6.45) is 1.44. The molecule has 0 aromatic heterocycles. The Bertz CT molecular complexity index is 1020. The normalized spacial score (nSPS) is 13.5. The molecule has 176 valence electrons. The van der Waals surface area contributed by atoms with Crippen LogP contribution in [0.1, 0.15) is 25.3 Å². The van der Waals surface area contributed by atoms with E-state index in [1.807, 2.05) is 6.92 Å². The average molecular weight is 455 g/mol. The van der Waals surface area contributed by atoms with Gasteiger partial charge in [-0.15, -0.1) is 0 Å². The van der Waals surface area contributed by atoms with E-state index < -0.39 is 5.91 Å². The van der Waals surface area contributed by atoms with Crippen molar-refractivity contribution in [3.05, 3.63) is 53.7 Å². The molecule has 0 spiro atoms. The summed E-state index contributed by atoms with van der Waals surface area (Å²) in [6, 6.07) is 12.4. The summed E-state index contributed by atoms with van der Waals surface area (Å²) < 4.78 is 21.4. The Labute approximate surface area is 194 Å². The highest BCUT2D eigenvalue weighted by Gasteiger charge is 2.39. The standard InChI is InChI=1S/C25H30N2O6/c1-5-14-33-18-9-7-17(8-10-18)22-23(25(29)27(24(22)28)13-6-15-30-2)26-20-12-11-19(31-3)16-21(20)32-4/h7-12,16,26H,5-6,13-15H2,1-4H3. The van der Waals surface area contributed by atoms with Gasteiger partial charge in [0.25, 0.3) is 11.8 Å². The molecule has 0 aliphatic carbocycles. The van der Waals surface area contributed by atoms with E-state index in [2.05, 4.69) is 5.32 Å². The molecule has 3 rings (SSSR count). The zero-order chi connectivity index (χ0) is 23.8. The van der Waals surface area contributed by atoms with E-state index in [4.69, 9.17) is 18.9 Å². The fourth-order valence-corrected chi connectivity index (χ4v) is 3.50. The lowest BCUT2D eigenvalue weighted by atomic mass is 10.0. The number of imide groups is 1. The average Bonchev–Trinajstić information content (AvgIpc) is 3.07. The Hall–Kier alpha value is -3.52. The molecule has 2 aromatic rings. The number of carbonyl (C=O) groups is 2. The third-order valence-corrected chi connectivity index (χ3v) is 5.18. The molecule has 1 aliphatic rings. The molecule has 1 N–H and O–H groups in total. The summed E-state index contributed by atoms with van der Waals surface area (Å²) in [5, 5.41) is 3.13. The van der Waals surface area contributed by atoms with Crippen LogP contribution in [0.4, 0.5) is 5.69 Å². The van der Waals surface area contributed by atoms with E-state index >= 15 is 0 Å². The number of nitrogens with one attached hydrogen (secondary N) is 1. The summed E-state index contributed by atoms with van der Waals surface area (Å²) in [5.41, 5.74) is 1.68. The highest BCUT2D eigenvalue weighted by Crippen LogP contribution is 2.35. The number of benzene rings is 2. The smallest absolute Gasteiger partial charge is 0.278 e. The van der Waals surface area contributed by atoms with Crippen LogP contribution < -0.4 is 19.5 Å². The lowest BCUT2D eigenvalue weighted by Gasteiger charge is -2.16. The van der Waals surface area contributed by atoms with Crippen LogP contribution in [0.2, 0.25) is 0 Å². The van der Waals surface area contributed by atoms with Gasteiger partial charge in [-0.2, -0.15) is 0 Å². The van der Waals surface area contributed by atoms with Crippen molar-refractivity contribution in [2.75, 3.05) is 46.4 Å². The van der Waals surface area contributed by atoms with Crippen LogP contribution in [-0.2, 0) is 14.3 Å². The number of carbonyl (C=O) groups excluding carboxylic acids is 2. The molecule has 33 heavy (non-hydrogen) atoms. The van der Waals surface area contributed by atoms with Crippen LogP contribution in [0.5, 0.6) is 17.2 Å². The van der Waals surface area contributed by atoms with E-state index in [1.165, 1.54) is 12.0 Å². The predicted octanol–water partition coefficient (Wildman–Crippen LogP) is 3.72. The zero-order valence-electron chi connectivity index (χ0n) is 19.5. The van der Waals surface area contributed by atoms with Gasteiger partial charge in [0.1, 0.15) is 22.9 Å². The largest absolute Gasteiger partial charge is 0.497 e. The molecule has 0 atom stereocenters. The molecule has 2 amide bonds. The van der Waals surface area contributed by atoms with Gasteiger partial charge in [-0.25, -0.2) is 0 Å². The monoisotopic (exact) mass is 454 g/mol. The molecular formula is C25H30N2O6. The van der Waals surface area contributed by atoms with Crippen molar-refractivity contribution >= 4 is 23.1 Å². The van der Waals surface area contributed by atoms with Crippen LogP contribution in [0.3, 0.4) is 0 Å². The first-order valence-corrected chi connectivity index (χ1v) is 10.9. The molecule has 0 saturated heterocycles. The fraction of sp³-hybridized carbons (Fsp3) is 0.360. The molecule has 0 radical (unpaired) electrons. The summed E-state index contributed by atoms with van der Waals surface area (Å²) in [5.74, 6) is 1.07. The van der Waals surface area contributed by atoms with E-state index in [-0.39, 0.29) is 18.1 Å². The second-order valence-electron chi connectivity index (χ2n) is 7.42. The van der Waals surface area contributed by atoms with Crippen LogP contribution in [0.25, 0.3) is 5.57 Å². The van der Waals surface area contributed by atoms with Gasteiger partial charge < -0.3 is 24.3 Å². The molecule has 0 fully saturated rings. The van der Waals surface area contributed by atoms with Crippen LogP contribution in [0.15, 0.2) is 48.2 Å². The molecule has 0 unspecified atom stereocenters. The van der Waals surface area contributed by atoms with Crippen molar-refractivity contribution in [1.82, 2.24) is 4.90 Å². The number of nitrogens with zero attached hydrogens (tertiary/aromatic N) is 1. The molecule has 1 aliphatic heterocycles. The van der Waals surface area contributed by atoms with Gasteiger partial charge in [-0.1, -0.05) is 19.1 Å². The minimum atomic E-state index is -0.393. The minimum Gasteiger partial charge on any atom is -0.497 e. The fourth-order valence-electron chi connectivity index (χ4n) is 3.50. The van der Waals surface area contributed by atoms with E-state index in [1.54, 1.807) is 56.7 Å². The minimum absolute atomic E-state index is 0.197. The third kappa shape index (κ3) is 5.46. The maximum Gasteiger partial charge on any atom is 0.278 e. The first kappa shape index (κ1) is 24.1. The molecule has 2 aromatic carbocycles. The number of hydrogen-bond donors (Lipinski definition) is 1. The third-order valence-electron chi connectivity index (χ3n) is 5.18. The Morgan fingerprint density at radius 3 is 2.24 bits per heavy atom. The predicted molar refractivity (Wildman–Crippen MR) is 126 cm³/mol. The Kier molecular flexibility index (Phi) is 8.32. The van der Waals surface area contributed by atoms with Crippen molar-refractivity contribution < 1.29 is 28.5 Å². The van der Waals surface area contributed by atoms with E-state index in [9.17, 15) is 9.59 Å².